The third-order valence-corrected chi connectivity index (χ3v) is 3.18. The van der Waals surface area contributed by atoms with E-state index < -0.39 is 0 Å². The largest absolute Gasteiger partial charge is 0.389 e. The average molecular weight is 363 g/mol. The molecule has 6 nitrogen and oxygen atoms in total. The molecular weight excluding hydrogens is 348 g/mol. The van der Waals surface area contributed by atoms with Crippen molar-refractivity contribution >= 4 is 27.5 Å². The number of aromatic nitrogens is 1. The van der Waals surface area contributed by atoms with Gasteiger partial charge in [-0.3, -0.25) is 10.6 Å². The molecule has 0 bridgehead atoms. The first-order valence-electron chi connectivity index (χ1n) is 6.46. The van der Waals surface area contributed by atoms with Crippen molar-refractivity contribution in [3.05, 3.63) is 64.4 Å². The first-order chi connectivity index (χ1) is 10.6. The molecule has 0 spiro atoms. The van der Waals surface area contributed by atoms with Crippen molar-refractivity contribution in [1.82, 2.24) is 10.0 Å². The fraction of sp³-hybridized carbons (Fsp3) is 0.133. The SMILES string of the molecule is CN(O)C(=N)/C(=N\OCc1cccc(Br)n1)c1ccccc1. The molecule has 0 fully saturated rings. The number of hydrogen-bond acceptors (Lipinski definition) is 5. The molecular formula is C15H15BrN4O2. The molecule has 22 heavy (non-hydrogen) atoms. The number of rotatable bonds is 5. The summed E-state index contributed by atoms with van der Waals surface area (Å²) in [4.78, 5) is 9.52. The van der Waals surface area contributed by atoms with E-state index in [1.165, 1.54) is 7.05 Å². The van der Waals surface area contributed by atoms with E-state index in [4.69, 9.17) is 10.2 Å². The molecule has 7 heteroatoms. The molecule has 0 aliphatic carbocycles. The quantitative estimate of drug-likeness (QED) is 0.370. The second-order valence-corrected chi connectivity index (χ2v) is 5.22. The maximum atomic E-state index is 9.46. The predicted octanol–water partition coefficient (Wildman–Crippen LogP) is 3.06. The van der Waals surface area contributed by atoms with Crippen molar-refractivity contribution in [3.63, 3.8) is 0 Å². The number of pyridine rings is 1. The van der Waals surface area contributed by atoms with Gasteiger partial charge in [-0.25, -0.2) is 10.0 Å². The van der Waals surface area contributed by atoms with Gasteiger partial charge in [0.05, 0.1) is 5.69 Å². The minimum atomic E-state index is -0.159. The van der Waals surface area contributed by atoms with Crippen LogP contribution >= 0.6 is 15.9 Å². The molecule has 1 heterocycles. The van der Waals surface area contributed by atoms with Crippen molar-refractivity contribution in [2.24, 2.45) is 5.16 Å². The van der Waals surface area contributed by atoms with Crippen LogP contribution in [0.25, 0.3) is 0 Å². The van der Waals surface area contributed by atoms with Gasteiger partial charge in [-0.1, -0.05) is 41.6 Å². The summed E-state index contributed by atoms with van der Waals surface area (Å²) in [6, 6.07) is 14.6. The Morgan fingerprint density at radius 1 is 1.27 bits per heavy atom. The Balaban J connectivity index is 2.17. The van der Waals surface area contributed by atoms with Crippen molar-refractivity contribution in [2.45, 2.75) is 6.61 Å². The lowest BCUT2D eigenvalue weighted by Gasteiger charge is -2.13. The van der Waals surface area contributed by atoms with Crippen LogP contribution in [0.3, 0.4) is 0 Å². The van der Waals surface area contributed by atoms with Crippen molar-refractivity contribution in [1.29, 1.82) is 5.41 Å². The Morgan fingerprint density at radius 3 is 2.64 bits per heavy atom. The van der Waals surface area contributed by atoms with Crippen LogP contribution < -0.4 is 0 Å². The summed E-state index contributed by atoms with van der Waals surface area (Å²) in [5, 5.41) is 22.0. The lowest BCUT2D eigenvalue weighted by atomic mass is 10.1. The molecule has 1 aromatic heterocycles. The van der Waals surface area contributed by atoms with Gasteiger partial charge in [0, 0.05) is 12.6 Å². The lowest BCUT2D eigenvalue weighted by Crippen LogP contribution is -2.30. The van der Waals surface area contributed by atoms with Crippen LogP contribution in [0.4, 0.5) is 0 Å². The highest BCUT2D eigenvalue weighted by Crippen LogP contribution is 2.09. The predicted molar refractivity (Wildman–Crippen MR) is 87.0 cm³/mol. The first kappa shape index (κ1) is 16.1. The summed E-state index contributed by atoms with van der Waals surface area (Å²) in [6.45, 7) is 0.165. The summed E-state index contributed by atoms with van der Waals surface area (Å²) in [5.74, 6) is -0.159. The number of halogens is 1. The van der Waals surface area contributed by atoms with E-state index in [1.807, 2.05) is 36.4 Å². The van der Waals surface area contributed by atoms with Gasteiger partial charge in [0.2, 0.25) is 0 Å². The van der Waals surface area contributed by atoms with E-state index >= 15 is 0 Å². The van der Waals surface area contributed by atoms with Crippen molar-refractivity contribution in [2.75, 3.05) is 7.05 Å². The van der Waals surface area contributed by atoms with Gasteiger partial charge in [0.15, 0.2) is 18.2 Å². The highest BCUT2D eigenvalue weighted by molar-refractivity contribution is 9.10. The Hall–Kier alpha value is -2.25. The Bertz CT molecular complexity index is 674. The molecule has 1 aromatic carbocycles. The average Bonchev–Trinajstić information content (AvgIpc) is 2.52. The third kappa shape index (κ3) is 4.37. The van der Waals surface area contributed by atoms with E-state index in [9.17, 15) is 5.21 Å². The number of benzene rings is 1. The summed E-state index contributed by atoms with van der Waals surface area (Å²) in [7, 11) is 1.36. The number of nitrogens with one attached hydrogen (secondary N) is 1. The number of hydroxylamine groups is 2. The number of likely N-dealkylation sites (N-methyl/N-ethyl adjacent to an activating group) is 1. The Morgan fingerprint density at radius 2 is 2.00 bits per heavy atom. The molecule has 0 radical (unpaired) electrons. The van der Waals surface area contributed by atoms with E-state index in [-0.39, 0.29) is 18.2 Å². The summed E-state index contributed by atoms with van der Waals surface area (Å²) < 4.78 is 0.712. The van der Waals surface area contributed by atoms with E-state index in [0.29, 0.717) is 20.9 Å². The second-order valence-electron chi connectivity index (χ2n) is 4.40. The Kier molecular flexibility index (Phi) is 5.62. The molecule has 0 aliphatic heterocycles. The van der Waals surface area contributed by atoms with Gasteiger partial charge in [-0.2, -0.15) is 0 Å². The molecule has 0 unspecified atom stereocenters. The van der Waals surface area contributed by atoms with Crippen LogP contribution in [-0.4, -0.2) is 33.8 Å². The number of amidine groups is 1. The summed E-state index contributed by atoms with van der Waals surface area (Å²) in [5.41, 5.74) is 1.62. The normalized spacial score (nSPS) is 11.1. The molecule has 2 N–H and O–H groups in total. The topological polar surface area (TPSA) is 81.8 Å². The first-order valence-corrected chi connectivity index (χ1v) is 7.25. The highest BCUT2D eigenvalue weighted by Gasteiger charge is 2.14. The third-order valence-electron chi connectivity index (χ3n) is 2.74. The molecule has 0 aliphatic rings. The molecule has 114 valence electrons. The van der Waals surface area contributed by atoms with Crippen LogP contribution in [0.15, 0.2) is 58.3 Å². The Labute approximate surface area is 136 Å². The highest BCUT2D eigenvalue weighted by atomic mass is 79.9. The molecule has 0 amide bonds. The van der Waals surface area contributed by atoms with E-state index in [2.05, 4.69) is 26.1 Å². The molecule has 0 atom stereocenters. The standard InChI is InChI=1S/C15H15BrN4O2/c1-20(21)15(17)14(11-6-3-2-4-7-11)19-22-10-12-8-5-9-13(16)18-12/h2-9,17,21H,10H2,1H3/b17-15?,19-14-. The van der Waals surface area contributed by atoms with Gasteiger partial charge in [0.1, 0.15) is 4.60 Å². The van der Waals surface area contributed by atoms with Crippen LogP contribution in [-0.2, 0) is 11.4 Å². The van der Waals surface area contributed by atoms with Crippen molar-refractivity contribution in [3.8, 4) is 0 Å². The van der Waals surface area contributed by atoms with E-state index in [1.54, 1.807) is 12.1 Å². The summed E-state index contributed by atoms with van der Waals surface area (Å²) in [6.07, 6.45) is 0. The minimum absolute atomic E-state index is 0.159. The van der Waals surface area contributed by atoms with Crippen LogP contribution in [0.5, 0.6) is 0 Å². The van der Waals surface area contributed by atoms with Crippen molar-refractivity contribution < 1.29 is 10.0 Å². The lowest BCUT2D eigenvalue weighted by molar-refractivity contribution is 0.0148. The fourth-order valence-corrected chi connectivity index (χ4v) is 2.06. The van der Waals surface area contributed by atoms with Crippen LogP contribution in [0.2, 0.25) is 0 Å². The summed E-state index contributed by atoms with van der Waals surface area (Å²) >= 11 is 3.29. The molecule has 2 aromatic rings. The zero-order valence-corrected chi connectivity index (χ0v) is 13.5. The minimum Gasteiger partial charge on any atom is -0.389 e. The fourth-order valence-electron chi connectivity index (χ4n) is 1.68. The zero-order valence-electron chi connectivity index (χ0n) is 11.9. The molecule has 0 saturated carbocycles. The zero-order chi connectivity index (χ0) is 15.9. The number of oxime groups is 1. The number of nitrogens with zero attached hydrogens (tertiary/aromatic N) is 3. The smallest absolute Gasteiger partial charge is 0.174 e. The van der Waals surface area contributed by atoms with Crippen LogP contribution in [0.1, 0.15) is 11.3 Å². The van der Waals surface area contributed by atoms with Gasteiger partial charge in [-0.05, 0) is 28.1 Å². The molecule has 2 rings (SSSR count). The van der Waals surface area contributed by atoms with Gasteiger partial charge >= 0.3 is 0 Å². The number of hydrogen-bond donors (Lipinski definition) is 2. The second kappa shape index (κ2) is 7.67. The van der Waals surface area contributed by atoms with Gasteiger partial charge in [-0.15, -0.1) is 0 Å². The van der Waals surface area contributed by atoms with E-state index in [0.717, 1.165) is 0 Å². The van der Waals surface area contributed by atoms with Gasteiger partial charge in [0.25, 0.3) is 0 Å². The maximum Gasteiger partial charge on any atom is 0.174 e. The van der Waals surface area contributed by atoms with Crippen LogP contribution in [0, 0.1) is 5.41 Å². The monoisotopic (exact) mass is 362 g/mol. The molecule has 0 saturated heterocycles. The van der Waals surface area contributed by atoms with Gasteiger partial charge < -0.3 is 4.84 Å². The maximum absolute atomic E-state index is 9.46.